The van der Waals surface area contributed by atoms with E-state index < -0.39 is 34.3 Å². The normalized spacial score (nSPS) is 12.2. The standard InChI is InChI=1S/C11H10F3N5OS/c1-5(21-11-18-16-4-19(11)15)10(20)17-7-3-2-6(12)8(13)9(7)14/h2-5H,15H2,1H3,(H,17,20)/t5-/m0/s1. The molecule has 0 saturated heterocycles. The van der Waals surface area contributed by atoms with Gasteiger partial charge >= 0.3 is 0 Å². The summed E-state index contributed by atoms with van der Waals surface area (Å²) in [6.45, 7) is 1.52. The van der Waals surface area contributed by atoms with Crippen molar-refractivity contribution in [2.24, 2.45) is 0 Å². The van der Waals surface area contributed by atoms with Gasteiger partial charge in [-0.25, -0.2) is 17.8 Å². The van der Waals surface area contributed by atoms with Gasteiger partial charge in [0.2, 0.25) is 11.1 Å². The summed E-state index contributed by atoms with van der Waals surface area (Å²) in [6.07, 6.45) is 1.25. The Labute approximate surface area is 121 Å². The van der Waals surface area contributed by atoms with E-state index in [1.165, 1.54) is 13.3 Å². The average Bonchev–Trinajstić information content (AvgIpc) is 2.85. The van der Waals surface area contributed by atoms with Crippen molar-refractivity contribution < 1.29 is 18.0 Å². The number of amides is 1. The molecule has 10 heteroatoms. The minimum absolute atomic E-state index is 0.281. The molecule has 1 aromatic carbocycles. The lowest BCUT2D eigenvalue weighted by atomic mass is 10.2. The number of halogens is 3. The second-order valence-electron chi connectivity index (χ2n) is 3.99. The first-order chi connectivity index (χ1) is 9.90. The second kappa shape index (κ2) is 6.04. The summed E-state index contributed by atoms with van der Waals surface area (Å²) in [4.78, 5) is 11.9. The summed E-state index contributed by atoms with van der Waals surface area (Å²) in [6, 6.07) is 1.66. The maximum absolute atomic E-state index is 13.4. The van der Waals surface area contributed by atoms with Crippen molar-refractivity contribution in [3.8, 4) is 0 Å². The SMILES string of the molecule is C[C@H](Sc1nncn1N)C(=O)Nc1ccc(F)c(F)c1F. The van der Waals surface area contributed by atoms with Gasteiger partial charge in [-0.2, -0.15) is 0 Å². The number of thioether (sulfide) groups is 1. The molecule has 0 aliphatic carbocycles. The minimum Gasteiger partial charge on any atom is -0.336 e. The molecule has 0 fully saturated rings. The van der Waals surface area contributed by atoms with Gasteiger partial charge in [0.25, 0.3) is 0 Å². The number of nitrogen functional groups attached to an aromatic ring is 1. The van der Waals surface area contributed by atoms with E-state index in [2.05, 4.69) is 15.5 Å². The highest BCUT2D eigenvalue weighted by Crippen LogP contribution is 2.23. The Hall–Kier alpha value is -2.23. The first kappa shape index (κ1) is 15.2. The van der Waals surface area contributed by atoms with Crippen LogP contribution < -0.4 is 11.2 Å². The van der Waals surface area contributed by atoms with Crippen molar-refractivity contribution in [1.29, 1.82) is 0 Å². The molecular weight excluding hydrogens is 307 g/mol. The van der Waals surface area contributed by atoms with Gasteiger partial charge in [-0.1, -0.05) is 11.8 Å². The Morgan fingerprint density at radius 2 is 2.10 bits per heavy atom. The first-order valence-electron chi connectivity index (χ1n) is 5.66. The van der Waals surface area contributed by atoms with E-state index in [-0.39, 0.29) is 5.16 Å². The maximum atomic E-state index is 13.4. The number of hydrogen-bond acceptors (Lipinski definition) is 5. The maximum Gasteiger partial charge on any atom is 0.237 e. The predicted octanol–water partition coefficient (Wildman–Crippen LogP) is 1.53. The van der Waals surface area contributed by atoms with Crippen molar-refractivity contribution in [3.63, 3.8) is 0 Å². The Morgan fingerprint density at radius 3 is 2.71 bits per heavy atom. The monoisotopic (exact) mass is 317 g/mol. The molecule has 1 amide bonds. The van der Waals surface area contributed by atoms with Crippen LogP contribution in [0.3, 0.4) is 0 Å². The third-order valence-corrected chi connectivity index (χ3v) is 3.56. The first-order valence-corrected chi connectivity index (χ1v) is 6.54. The molecule has 3 N–H and O–H groups in total. The molecule has 1 aromatic heterocycles. The molecule has 0 bridgehead atoms. The van der Waals surface area contributed by atoms with Crippen molar-refractivity contribution >= 4 is 23.4 Å². The fourth-order valence-electron chi connectivity index (χ4n) is 1.38. The van der Waals surface area contributed by atoms with E-state index in [0.717, 1.165) is 28.6 Å². The fraction of sp³-hybridized carbons (Fsp3) is 0.182. The fourth-order valence-corrected chi connectivity index (χ4v) is 2.13. The van der Waals surface area contributed by atoms with Gasteiger partial charge in [0.1, 0.15) is 6.33 Å². The number of hydrogen-bond donors (Lipinski definition) is 2. The van der Waals surface area contributed by atoms with Crippen LogP contribution in [0.1, 0.15) is 6.92 Å². The lowest BCUT2D eigenvalue weighted by Gasteiger charge is -2.12. The summed E-state index contributed by atoms with van der Waals surface area (Å²) < 4.78 is 40.4. The van der Waals surface area contributed by atoms with Crippen molar-refractivity contribution in [2.45, 2.75) is 17.3 Å². The van der Waals surface area contributed by atoms with Crippen molar-refractivity contribution in [1.82, 2.24) is 14.9 Å². The van der Waals surface area contributed by atoms with Crippen LogP contribution in [0.15, 0.2) is 23.6 Å². The lowest BCUT2D eigenvalue weighted by Crippen LogP contribution is -2.24. The van der Waals surface area contributed by atoms with Gasteiger partial charge in [-0.15, -0.1) is 10.2 Å². The number of nitrogens with zero attached hydrogens (tertiary/aromatic N) is 3. The highest BCUT2D eigenvalue weighted by molar-refractivity contribution is 8.00. The molecule has 21 heavy (non-hydrogen) atoms. The number of carbonyl (C=O) groups excluding carboxylic acids is 1. The number of anilines is 1. The van der Waals surface area contributed by atoms with Crippen LogP contribution in [0.4, 0.5) is 18.9 Å². The lowest BCUT2D eigenvalue weighted by molar-refractivity contribution is -0.115. The molecule has 6 nitrogen and oxygen atoms in total. The molecule has 2 aromatic rings. The number of carbonyl (C=O) groups is 1. The summed E-state index contributed by atoms with van der Waals surface area (Å²) >= 11 is 0.979. The highest BCUT2D eigenvalue weighted by Gasteiger charge is 2.20. The number of nitrogens with two attached hydrogens (primary N) is 1. The number of benzene rings is 1. The molecule has 0 unspecified atom stereocenters. The Kier molecular flexibility index (Phi) is 4.36. The minimum atomic E-state index is -1.64. The third kappa shape index (κ3) is 3.27. The average molecular weight is 317 g/mol. The zero-order valence-corrected chi connectivity index (χ0v) is 11.5. The summed E-state index contributed by atoms with van der Waals surface area (Å²) in [5.41, 5.74) is -0.444. The van der Waals surface area contributed by atoms with Crippen molar-refractivity contribution in [2.75, 3.05) is 11.2 Å². The topological polar surface area (TPSA) is 85.8 Å². The second-order valence-corrected chi connectivity index (χ2v) is 5.30. The van der Waals surface area contributed by atoms with E-state index in [4.69, 9.17) is 5.84 Å². The van der Waals surface area contributed by atoms with Gasteiger partial charge in [-0.05, 0) is 19.1 Å². The van der Waals surface area contributed by atoms with Gasteiger partial charge < -0.3 is 11.2 Å². The third-order valence-electron chi connectivity index (χ3n) is 2.48. The molecule has 112 valence electrons. The molecule has 0 aliphatic rings. The molecule has 1 atom stereocenters. The van der Waals surface area contributed by atoms with Gasteiger partial charge in [0, 0.05) is 0 Å². The van der Waals surface area contributed by atoms with E-state index in [1.807, 2.05) is 0 Å². The zero-order valence-electron chi connectivity index (χ0n) is 10.7. The van der Waals surface area contributed by atoms with Crippen LogP contribution >= 0.6 is 11.8 Å². The molecule has 0 spiro atoms. The molecule has 2 rings (SSSR count). The van der Waals surface area contributed by atoms with E-state index in [0.29, 0.717) is 0 Å². The van der Waals surface area contributed by atoms with Crippen LogP contribution in [0.2, 0.25) is 0 Å². The van der Waals surface area contributed by atoms with Crippen LogP contribution in [0.5, 0.6) is 0 Å². The van der Waals surface area contributed by atoms with E-state index in [1.54, 1.807) is 0 Å². The zero-order chi connectivity index (χ0) is 15.6. The van der Waals surface area contributed by atoms with Crippen LogP contribution in [0, 0.1) is 17.5 Å². The van der Waals surface area contributed by atoms with E-state index >= 15 is 0 Å². The predicted molar refractivity (Wildman–Crippen MR) is 70.4 cm³/mol. The largest absolute Gasteiger partial charge is 0.336 e. The Bertz CT molecular complexity index is 678. The Balaban J connectivity index is 2.08. The number of rotatable bonds is 4. The van der Waals surface area contributed by atoms with Gasteiger partial charge in [-0.3, -0.25) is 4.79 Å². The molecule has 0 aliphatic heterocycles. The Morgan fingerprint density at radius 1 is 1.38 bits per heavy atom. The highest BCUT2D eigenvalue weighted by atomic mass is 32.2. The van der Waals surface area contributed by atoms with Crippen LogP contribution in [-0.2, 0) is 4.79 Å². The smallest absolute Gasteiger partial charge is 0.237 e. The van der Waals surface area contributed by atoms with Crippen LogP contribution in [0.25, 0.3) is 0 Å². The van der Waals surface area contributed by atoms with Crippen LogP contribution in [-0.4, -0.2) is 26.0 Å². The number of nitrogens with one attached hydrogen (secondary N) is 1. The van der Waals surface area contributed by atoms with Gasteiger partial charge in [0.05, 0.1) is 10.9 Å². The summed E-state index contributed by atoms with van der Waals surface area (Å²) in [5.74, 6) is 0.443. The summed E-state index contributed by atoms with van der Waals surface area (Å²) in [5, 5.41) is 8.96. The summed E-state index contributed by atoms with van der Waals surface area (Å²) in [7, 11) is 0. The molecular formula is C11H10F3N5OS. The number of aromatic nitrogens is 3. The quantitative estimate of drug-likeness (QED) is 0.507. The van der Waals surface area contributed by atoms with Gasteiger partial charge in [0.15, 0.2) is 17.5 Å². The van der Waals surface area contributed by atoms with Crippen molar-refractivity contribution in [3.05, 3.63) is 35.9 Å². The molecule has 0 saturated carbocycles. The molecule has 1 heterocycles. The molecule has 0 radical (unpaired) electrons. The van der Waals surface area contributed by atoms with E-state index in [9.17, 15) is 18.0 Å².